The van der Waals surface area contributed by atoms with Gasteiger partial charge in [0.25, 0.3) is 0 Å². The van der Waals surface area contributed by atoms with Gasteiger partial charge in [-0.15, -0.1) is 0 Å². The first-order valence-electron chi connectivity index (χ1n) is 12.1. The van der Waals surface area contributed by atoms with Crippen LogP contribution in [-0.4, -0.2) is 36.0 Å². The van der Waals surface area contributed by atoms with Crippen molar-refractivity contribution in [2.24, 2.45) is 0 Å². The van der Waals surface area contributed by atoms with Crippen molar-refractivity contribution in [1.29, 1.82) is 0 Å². The SMILES string of the molecule is CC(C)c1cccc(Oc2cccc(N(Cc3cccc(C(F)(F)C(F)(F)C(F)(F)F)c3)C(F)(F)C(O)CF)c2)c1. The van der Waals surface area contributed by atoms with Crippen molar-refractivity contribution in [3.8, 4) is 11.5 Å². The lowest BCUT2D eigenvalue weighted by molar-refractivity contribution is -0.359. The Bertz CT molecular complexity index is 1330. The van der Waals surface area contributed by atoms with Gasteiger partial charge in [0, 0.05) is 23.9 Å². The number of nitrogens with zero attached hydrogens (tertiary/aromatic N) is 1. The lowest BCUT2D eigenvalue weighted by Gasteiger charge is -2.35. The quantitative estimate of drug-likeness (QED) is 0.177. The van der Waals surface area contributed by atoms with Crippen LogP contribution >= 0.6 is 0 Å². The topological polar surface area (TPSA) is 32.7 Å². The summed E-state index contributed by atoms with van der Waals surface area (Å²) in [4.78, 5) is 0.105. The number of hydrogen-bond acceptors (Lipinski definition) is 3. The van der Waals surface area contributed by atoms with Crippen molar-refractivity contribution in [3.63, 3.8) is 0 Å². The van der Waals surface area contributed by atoms with E-state index in [1.165, 1.54) is 12.1 Å². The molecule has 0 radical (unpaired) electrons. The van der Waals surface area contributed by atoms with Crippen LogP contribution in [0.1, 0.15) is 36.5 Å². The maximum atomic E-state index is 15.2. The van der Waals surface area contributed by atoms with Gasteiger partial charge in [-0.05, 0) is 47.4 Å². The van der Waals surface area contributed by atoms with Crippen LogP contribution in [0.15, 0.2) is 72.8 Å². The van der Waals surface area contributed by atoms with Gasteiger partial charge in [-0.25, -0.2) is 4.39 Å². The molecule has 1 atom stereocenters. The highest BCUT2D eigenvalue weighted by Gasteiger charge is 2.73. The van der Waals surface area contributed by atoms with Gasteiger partial charge in [0.2, 0.25) is 0 Å². The summed E-state index contributed by atoms with van der Waals surface area (Å²) in [7, 11) is 0. The summed E-state index contributed by atoms with van der Waals surface area (Å²) in [6.07, 6.45) is -9.51. The largest absolute Gasteiger partial charge is 0.460 e. The van der Waals surface area contributed by atoms with Gasteiger partial charge in [0.15, 0.2) is 6.10 Å². The average molecular weight is 597 g/mol. The second-order valence-electron chi connectivity index (χ2n) is 9.52. The van der Waals surface area contributed by atoms with Crippen LogP contribution in [0, 0.1) is 0 Å². The molecule has 1 N–H and O–H groups in total. The number of anilines is 1. The number of ether oxygens (including phenoxy) is 1. The third kappa shape index (κ3) is 6.71. The van der Waals surface area contributed by atoms with Crippen LogP contribution in [-0.2, 0) is 12.5 Å². The van der Waals surface area contributed by atoms with E-state index in [4.69, 9.17) is 4.74 Å². The molecule has 0 bridgehead atoms. The molecular formula is C28H25F10NO2. The van der Waals surface area contributed by atoms with Crippen molar-refractivity contribution in [1.82, 2.24) is 0 Å². The third-order valence-electron chi connectivity index (χ3n) is 6.18. The first-order chi connectivity index (χ1) is 18.9. The summed E-state index contributed by atoms with van der Waals surface area (Å²) >= 11 is 0. The summed E-state index contributed by atoms with van der Waals surface area (Å²) in [6.45, 7) is 0.853. The van der Waals surface area contributed by atoms with Crippen LogP contribution < -0.4 is 9.64 Å². The Labute approximate surface area is 229 Å². The van der Waals surface area contributed by atoms with Gasteiger partial charge in [-0.3, -0.25) is 0 Å². The van der Waals surface area contributed by atoms with Gasteiger partial charge in [0.1, 0.15) is 18.2 Å². The highest BCUT2D eigenvalue weighted by molar-refractivity contribution is 5.54. The Morgan fingerprint density at radius 3 is 1.95 bits per heavy atom. The number of benzene rings is 3. The molecule has 0 aliphatic rings. The highest BCUT2D eigenvalue weighted by Crippen LogP contribution is 2.52. The van der Waals surface area contributed by atoms with E-state index in [0.29, 0.717) is 17.9 Å². The molecule has 0 heterocycles. The molecular weight excluding hydrogens is 572 g/mol. The predicted octanol–water partition coefficient (Wildman–Crippen LogP) is 8.82. The molecule has 3 aromatic carbocycles. The maximum Gasteiger partial charge on any atom is 0.460 e. The van der Waals surface area contributed by atoms with Gasteiger partial charge in [-0.1, -0.05) is 50.2 Å². The molecule has 0 aliphatic carbocycles. The number of hydrogen-bond donors (Lipinski definition) is 1. The molecule has 0 fully saturated rings. The number of alkyl halides is 10. The molecule has 13 heteroatoms. The van der Waals surface area contributed by atoms with E-state index in [1.54, 1.807) is 18.2 Å². The first-order valence-corrected chi connectivity index (χ1v) is 12.1. The fraction of sp³-hybridized carbons (Fsp3) is 0.357. The monoisotopic (exact) mass is 597 g/mol. The Kier molecular flexibility index (Phi) is 9.21. The van der Waals surface area contributed by atoms with Crippen molar-refractivity contribution >= 4 is 5.69 Å². The van der Waals surface area contributed by atoms with Crippen molar-refractivity contribution in [2.75, 3.05) is 11.6 Å². The van der Waals surface area contributed by atoms with Crippen LogP contribution in [0.2, 0.25) is 0 Å². The van der Waals surface area contributed by atoms with Gasteiger partial charge >= 0.3 is 24.1 Å². The molecule has 0 saturated carbocycles. The summed E-state index contributed by atoms with van der Waals surface area (Å²) in [5.74, 6) is -11.7. The lowest BCUT2D eigenvalue weighted by atomic mass is 9.99. The zero-order chi connectivity index (χ0) is 30.8. The Balaban J connectivity index is 2.02. The Morgan fingerprint density at radius 2 is 1.37 bits per heavy atom. The summed E-state index contributed by atoms with van der Waals surface area (Å²) < 4.78 is 143. The molecule has 0 aliphatic heterocycles. The van der Waals surface area contributed by atoms with E-state index < -0.39 is 60.2 Å². The van der Waals surface area contributed by atoms with E-state index in [1.807, 2.05) is 19.9 Å². The molecule has 3 rings (SSSR count). The Hall–Kier alpha value is -3.48. The normalized spacial score (nSPS) is 13.8. The molecule has 1 unspecified atom stereocenters. The van der Waals surface area contributed by atoms with Crippen LogP contribution in [0.3, 0.4) is 0 Å². The van der Waals surface area contributed by atoms with Crippen LogP contribution in [0.5, 0.6) is 11.5 Å². The zero-order valence-corrected chi connectivity index (χ0v) is 21.6. The molecule has 41 heavy (non-hydrogen) atoms. The minimum atomic E-state index is -6.61. The first kappa shape index (κ1) is 32.0. The third-order valence-corrected chi connectivity index (χ3v) is 6.18. The van der Waals surface area contributed by atoms with E-state index in [9.17, 15) is 40.2 Å². The fourth-order valence-electron chi connectivity index (χ4n) is 3.84. The minimum Gasteiger partial charge on any atom is -0.457 e. The maximum absolute atomic E-state index is 15.2. The van der Waals surface area contributed by atoms with Gasteiger partial charge in [-0.2, -0.15) is 39.5 Å². The average Bonchev–Trinajstić information content (AvgIpc) is 2.90. The summed E-state index contributed by atoms with van der Waals surface area (Å²) in [6, 6.07) is 9.44. The fourth-order valence-corrected chi connectivity index (χ4v) is 3.84. The number of halogens is 10. The molecule has 224 valence electrons. The van der Waals surface area contributed by atoms with Gasteiger partial charge in [0.05, 0.1) is 0 Å². The van der Waals surface area contributed by atoms with E-state index in [2.05, 4.69) is 0 Å². The molecule has 0 spiro atoms. The molecule has 3 nitrogen and oxygen atoms in total. The molecule has 0 saturated heterocycles. The number of aliphatic hydroxyl groups excluding tert-OH is 1. The van der Waals surface area contributed by atoms with E-state index >= 15 is 8.78 Å². The zero-order valence-electron chi connectivity index (χ0n) is 21.6. The van der Waals surface area contributed by atoms with Crippen LogP contribution in [0.25, 0.3) is 0 Å². The smallest absolute Gasteiger partial charge is 0.457 e. The molecule has 3 aromatic rings. The second kappa shape index (κ2) is 11.8. The minimum absolute atomic E-state index is 0.0176. The number of aliphatic hydroxyl groups is 1. The standard InChI is InChI=1S/C28H25F10NO2/c1-17(2)19-7-4-10-22(13-19)41-23-11-5-9-21(14-23)39(26(32,33)24(40)15-29)16-18-6-3-8-20(12-18)25(30,31)27(34,35)28(36,37)38/h3-14,17,24,40H,15-16H2,1-2H3. The molecule has 0 amide bonds. The Morgan fingerprint density at radius 1 is 0.780 bits per heavy atom. The van der Waals surface area contributed by atoms with E-state index in [0.717, 1.165) is 23.8 Å². The van der Waals surface area contributed by atoms with Crippen LogP contribution in [0.4, 0.5) is 49.6 Å². The van der Waals surface area contributed by atoms with Crippen molar-refractivity contribution in [3.05, 3.63) is 89.5 Å². The lowest BCUT2D eigenvalue weighted by Crippen LogP contribution is -2.51. The van der Waals surface area contributed by atoms with Crippen molar-refractivity contribution < 1.29 is 53.7 Å². The highest BCUT2D eigenvalue weighted by atomic mass is 19.4. The summed E-state index contributed by atoms with van der Waals surface area (Å²) in [5, 5.41) is 9.72. The number of rotatable bonds is 11. The molecule has 0 aromatic heterocycles. The summed E-state index contributed by atoms with van der Waals surface area (Å²) in [5.41, 5.74) is -1.83. The van der Waals surface area contributed by atoms with E-state index in [-0.39, 0.29) is 22.6 Å². The van der Waals surface area contributed by atoms with Crippen molar-refractivity contribution in [2.45, 2.75) is 56.5 Å². The van der Waals surface area contributed by atoms with Gasteiger partial charge < -0.3 is 14.7 Å². The second-order valence-corrected chi connectivity index (χ2v) is 9.52. The predicted molar refractivity (Wildman–Crippen MR) is 131 cm³/mol.